The number of carbonyl (C=O) groups is 2. The van der Waals surface area contributed by atoms with Crippen LogP contribution in [0.4, 0.5) is 4.39 Å². The van der Waals surface area contributed by atoms with E-state index in [1.807, 2.05) is 17.5 Å². The lowest BCUT2D eigenvalue weighted by Gasteiger charge is -2.33. The predicted octanol–water partition coefficient (Wildman–Crippen LogP) is 2.66. The van der Waals surface area contributed by atoms with E-state index in [1.54, 1.807) is 9.80 Å². The van der Waals surface area contributed by atoms with Crippen molar-refractivity contribution >= 4 is 33.2 Å². The van der Waals surface area contributed by atoms with Crippen molar-refractivity contribution < 1.29 is 22.4 Å². The number of halogens is 1. The minimum Gasteiger partial charge on any atom is -0.341 e. The molecule has 0 aliphatic carbocycles. The van der Waals surface area contributed by atoms with Crippen LogP contribution in [0.5, 0.6) is 0 Å². The van der Waals surface area contributed by atoms with Crippen LogP contribution < -0.4 is 0 Å². The van der Waals surface area contributed by atoms with Crippen molar-refractivity contribution in [2.24, 2.45) is 5.92 Å². The second-order valence-electron chi connectivity index (χ2n) is 8.08. The van der Waals surface area contributed by atoms with Gasteiger partial charge in [0.2, 0.25) is 15.9 Å². The van der Waals surface area contributed by atoms with E-state index in [4.69, 9.17) is 0 Å². The van der Waals surface area contributed by atoms with E-state index in [1.165, 1.54) is 27.8 Å². The molecule has 7 nitrogen and oxygen atoms in total. The van der Waals surface area contributed by atoms with Gasteiger partial charge < -0.3 is 9.80 Å². The van der Waals surface area contributed by atoms with Gasteiger partial charge in [0, 0.05) is 45.2 Å². The number of hydrogen-bond acceptors (Lipinski definition) is 5. The van der Waals surface area contributed by atoms with Crippen LogP contribution in [-0.2, 0) is 14.8 Å². The molecular formula is C22H26FN3O4S2. The standard InChI is InChI=1S/C22H26FN3O4S2/c23-18-4-6-19(7-5-18)32(29,30)26-11-2-10-24(14-15-26)21(27)17-8-12-25(13-9-17)22(28)20-3-1-16-31-20/h1,3-7,16-17H,2,8-15H2. The number of thiophene rings is 1. The van der Waals surface area contributed by atoms with Crippen molar-refractivity contribution in [2.45, 2.75) is 24.2 Å². The Bertz CT molecular complexity index is 1050. The zero-order valence-corrected chi connectivity index (χ0v) is 19.3. The molecule has 0 bridgehead atoms. The number of benzene rings is 1. The van der Waals surface area contributed by atoms with Crippen LogP contribution in [0.2, 0.25) is 0 Å². The van der Waals surface area contributed by atoms with Crippen LogP contribution in [0.25, 0.3) is 0 Å². The Balaban J connectivity index is 1.33. The van der Waals surface area contributed by atoms with Gasteiger partial charge in [0.05, 0.1) is 9.77 Å². The molecule has 10 heteroatoms. The largest absolute Gasteiger partial charge is 0.341 e. The third-order valence-corrected chi connectivity index (χ3v) is 8.85. The summed E-state index contributed by atoms with van der Waals surface area (Å²) in [5, 5.41) is 1.88. The zero-order valence-electron chi connectivity index (χ0n) is 17.7. The fourth-order valence-corrected chi connectivity index (χ4v) is 6.41. The molecule has 0 saturated carbocycles. The summed E-state index contributed by atoms with van der Waals surface area (Å²) in [5.74, 6) is -0.584. The number of likely N-dealkylation sites (tertiary alicyclic amines) is 1. The van der Waals surface area contributed by atoms with Gasteiger partial charge >= 0.3 is 0 Å². The van der Waals surface area contributed by atoms with Gasteiger partial charge in [0.15, 0.2) is 0 Å². The molecule has 0 N–H and O–H groups in total. The number of rotatable bonds is 4. The smallest absolute Gasteiger partial charge is 0.263 e. The molecule has 2 saturated heterocycles. The maximum absolute atomic E-state index is 13.2. The van der Waals surface area contributed by atoms with Crippen LogP contribution in [0.15, 0.2) is 46.7 Å². The van der Waals surface area contributed by atoms with Crippen LogP contribution in [0.1, 0.15) is 28.9 Å². The lowest BCUT2D eigenvalue weighted by Crippen LogP contribution is -2.45. The Morgan fingerprint density at radius 3 is 2.28 bits per heavy atom. The Kier molecular flexibility index (Phi) is 6.92. The van der Waals surface area contributed by atoms with Gasteiger partial charge in [-0.25, -0.2) is 12.8 Å². The topological polar surface area (TPSA) is 78.0 Å². The number of sulfonamides is 1. The molecule has 1 aromatic carbocycles. The molecule has 0 spiro atoms. The monoisotopic (exact) mass is 479 g/mol. The van der Waals surface area contributed by atoms with Gasteiger partial charge in [-0.3, -0.25) is 9.59 Å². The summed E-state index contributed by atoms with van der Waals surface area (Å²) in [6, 6.07) is 8.47. The van der Waals surface area contributed by atoms with E-state index in [0.29, 0.717) is 56.9 Å². The van der Waals surface area contributed by atoms with E-state index < -0.39 is 15.8 Å². The lowest BCUT2D eigenvalue weighted by atomic mass is 9.95. The second kappa shape index (κ2) is 9.68. The highest BCUT2D eigenvalue weighted by atomic mass is 32.2. The summed E-state index contributed by atoms with van der Waals surface area (Å²) in [4.78, 5) is 29.9. The van der Waals surface area contributed by atoms with E-state index in [2.05, 4.69) is 0 Å². The maximum Gasteiger partial charge on any atom is 0.263 e. The Morgan fingerprint density at radius 1 is 0.906 bits per heavy atom. The maximum atomic E-state index is 13.2. The van der Waals surface area contributed by atoms with Gasteiger partial charge in [-0.05, 0) is 55.0 Å². The van der Waals surface area contributed by atoms with Crippen LogP contribution in [-0.4, -0.2) is 73.6 Å². The first kappa shape index (κ1) is 22.9. The van der Waals surface area contributed by atoms with Crippen molar-refractivity contribution in [1.29, 1.82) is 0 Å². The fraction of sp³-hybridized carbons (Fsp3) is 0.455. The molecule has 2 aliphatic rings. The molecule has 2 fully saturated rings. The Hall–Kier alpha value is -2.30. The molecule has 2 amide bonds. The number of nitrogens with zero attached hydrogens (tertiary/aromatic N) is 3. The van der Waals surface area contributed by atoms with Gasteiger partial charge in [-0.2, -0.15) is 4.31 Å². The summed E-state index contributed by atoms with van der Waals surface area (Å²) in [6.07, 6.45) is 1.77. The van der Waals surface area contributed by atoms with Crippen molar-refractivity contribution in [3.63, 3.8) is 0 Å². The summed E-state index contributed by atoms with van der Waals surface area (Å²) < 4.78 is 40.3. The third-order valence-electron chi connectivity index (χ3n) is 6.08. The fourth-order valence-electron chi connectivity index (χ4n) is 4.25. The van der Waals surface area contributed by atoms with Crippen LogP contribution in [0.3, 0.4) is 0 Å². The van der Waals surface area contributed by atoms with Crippen LogP contribution >= 0.6 is 11.3 Å². The summed E-state index contributed by atoms with van der Waals surface area (Å²) in [5.41, 5.74) is 0. The van der Waals surface area contributed by atoms with E-state index in [9.17, 15) is 22.4 Å². The van der Waals surface area contributed by atoms with E-state index in [0.717, 1.165) is 12.1 Å². The molecule has 2 aromatic rings. The second-order valence-corrected chi connectivity index (χ2v) is 11.0. The van der Waals surface area contributed by atoms with Crippen molar-refractivity contribution in [2.75, 3.05) is 39.3 Å². The van der Waals surface area contributed by atoms with Crippen molar-refractivity contribution in [3.05, 3.63) is 52.5 Å². The van der Waals surface area contributed by atoms with E-state index in [-0.39, 0.29) is 29.2 Å². The minimum absolute atomic E-state index is 0.0160. The molecule has 3 heterocycles. The highest BCUT2D eigenvalue weighted by molar-refractivity contribution is 7.89. The predicted molar refractivity (Wildman–Crippen MR) is 119 cm³/mol. The zero-order chi connectivity index (χ0) is 22.7. The first-order valence-corrected chi connectivity index (χ1v) is 13.1. The van der Waals surface area contributed by atoms with Crippen molar-refractivity contribution in [1.82, 2.24) is 14.1 Å². The molecule has 1 aromatic heterocycles. The average Bonchev–Trinajstić information content (AvgIpc) is 3.22. The number of amides is 2. The van der Waals surface area contributed by atoms with Gasteiger partial charge in [0.1, 0.15) is 5.82 Å². The lowest BCUT2D eigenvalue weighted by molar-refractivity contribution is -0.136. The highest BCUT2D eigenvalue weighted by Crippen LogP contribution is 2.24. The molecule has 0 atom stereocenters. The molecule has 172 valence electrons. The average molecular weight is 480 g/mol. The van der Waals surface area contributed by atoms with Gasteiger partial charge in [-0.1, -0.05) is 6.07 Å². The highest BCUT2D eigenvalue weighted by Gasteiger charge is 2.33. The summed E-state index contributed by atoms with van der Waals surface area (Å²) >= 11 is 1.42. The van der Waals surface area contributed by atoms with Gasteiger partial charge in [-0.15, -0.1) is 11.3 Å². The molecule has 4 rings (SSSR count). The van der Waals surface area contributed by atoms with Gasteiger partial charge in [0.25, 0.3) is 5.91 Å². The van der Waals surface area contributed by atoms with E-state index >= 15 is 0 Å². The first-order chi connectivity index (χ1) is 15.4. The SMILES string of the molecule is O=C(c1cccs1)N1CCC(C(=O)N2CCCN(S(=O)(=O)c3ccc(F)cc3)CC2)CC1. The third kappa shape index (κ3) is 4.87. The molecular weight excluding hydrogens is 453 g/mol. The number of hydrogen-bond donors (Lipinski definition) is 0. The van der Waals surface area contributed by atoms with Crippen molar-refractivity contribution in [3.8, 4) is 0 Å². The molecule has 0 unspecified atom stereocenters. The molecule has 32 heavy (non-hydrogen) atoms. The first-order valence-electron chi connectivity index (χ1n) is 10.7. The number of carbonyl (C=O) groups excluding carboxylic acids is 2. The normalized spacial score (nSPS) is 19.0. The molecule has 0 radical (unpaired) electrons. The Morgan fingerprint density at radius 2 is 1.62 bits per heavy atom. The Labute approximate surface area is 191 Å². The summed E-state index contributed by atoms with van der Waals surface area (Å²) in [6.45, 7) is 2.45. The molecule has 2 aliphatic heterocycles. The minimum atomic E-state index is -3.73. The summed E-state index contributed by atoms with van der Waals surface area (Å²) in [7, 11) is -3.73. The quantitative estimate of drug-likeness (QED) is 0.676. The number of piperidine rings is 1. The van der Waals surface area contributed by atoms with Crippen LogP contribution in [0, 0.1) is 11.7 Å².